The van der Waals surface area contributed by atoms with Crippen LogP contribution in [0.5, 0.6) is 5.75 Å². The lowest BCUT2D eigenvalue weighted by Crippen LogP contribution is -2.17. The predicted octanol–water partition coefficient (Wildman–Crippen LogP) is 3.40. The molecule has 22 heavy (non-hydrogen) atoms. The summed E-state index contributed by atoms with van der Waals surface area (Å²) in [5, 5.41) is 0.995. The molecule has 5 heteroatoms. The lowest BCUT2D eigenvalue weighted by Gasteiger charge is -2.22. The van der Waals surface area contributed by atoms with E-state index in [2.05, 4.69) is 4.98 Å². The fourth-order valence-electron chi connectivity index (χ4n) is 3.05. The summed E-state index contributed by atoms with van der Waals surface area (Å²) >= 11 is 6.25. The molecule has 2 aromatic carbocycles. The third kappa shape index (κ3) is 1.53. The number of halogens is 1. The average molecular weight is 312 g/mol. The first-order valence-corrected chi connectivity index (χ1v) is 7.08. The second kappa shape index (κ2) is 4.45. The Kier molecular flexibility index (Phi) is 2.65. The minimum atomic E-state index is -0.331. The van der Waals surface area contributed by atoms with Gasteiger partial charge in [0.15, 0.2) is 11.5 Å². The Morgan fingerprint density at radius 3 is 2.45 bits per heavy atom. The Hall–Kier alpha value is -2.59. The Labute approximate surface area is 130 Å². The van der Waals surface area contributed by atoms with E-state index < -0.39 is 0 Å². The van der Waals surface area contributed by atoms with Gasteiger partial charge in [-0.05, 0) is 17.7 Å². The number of carbonyl (C=O) groups is 1. The Morgan fingerprint density at radius 1 is 1.00 bits per heavy atom. The number of pyridine rings is 1. The monoisotopic (exact) mass is 311 g/mol. The quantitative estimate of drug-likeness (QED) is 0.586. The number of ketones is 1. The number of nitrogens with one attached hydrogen (secondary N) is 1. The SMILES string of the molecule is COc1c2c3c(c(Cl)ccc3[nH]c1=O)C(=O)c1ccccc1-2. The van der Waals surface area contributed by atoms with Crippen LogP contribution in [-0.2, 0) is 0 Å². The van der Waals surface area contributed by atoms with Crippen molar-refractivity contribution >= 4 is 28.3 Å². The highest BCUT2D eigenvalue weighted by Crippen LogP contribution is 2.44. The number of methoxy groups -OCH3 is 1. The van der Waals surface area contributed by atoms with Crippen molar-refractivity contribution in [3.05, 3.63) is 62.9 Å². The minimum absolute atomic E-state index is 0.146. The topological polar surface area (TPSA) is 59.2 Å². The zero-order valence-electron chi connectivity index (χ0n) is 11.6. The van der Waals surface area contributed by atoms with Crippen LogP contribution in [-0.4, -0.2) is 17.9 Å². The van der Waals surface area contributed by atoms with Crippen molar-refractivity contribution in [3.8, 4) is 16.9 Å². The van der Waals surface area contributed by atoms with E-state index in [9.17, 15) is 9.59 Å². The van der Waals surface area contributed by atoms with Crippen molar-refractivity contribution in [3.63, 3.8) is 0 Å². The molecule has 1 aromatic heterocycles. The first kappa shape index (κ1) is 13.1. The maximum atomic E-state index is 12.8. The van der Waals surface area contributed by atoms with Gasteiger partial charge in [-0.15, -0.1) is 0 Å². The van der Waals surface area contributed by atoms with Gasteiger partial charge >= 0.3 is 0 Å². The van der Waals surface area contributed by atoms with Crippen LogP contribution in [0.15, 0.2) is 41.2 Å². The second-order valence-corrected chi connectivity index (χ2v) is 5.49. The molecule has 1 aliphatic carbocycles. The van der Waals surface area contributed by atoms with Gasteiger partial charge in [-0.3, -0.25) is 9.59 Å². The fraction of sp³-hybridized carbons (Fsp3) is 0.0588. The number of aromatic amines is 1. The van der Waals surface area contributed by atoms with Crippen LogP contribution < -0.4 is 10.3 Å². The van der Waals surface area contributed by atoms with E-state index in [4.69, 9.17) is 16.3 Å². The van der Waals surface area contributed by atoms with Crippen LogP contribution in [0.2, 0.25) is 5.02 Å². The molecule has 4 nitrogen and oxygen atoms in total. The van der Waals surface area contributed by atoms with E-state index >= 15 is 0 Å². The maximum absolute atomic E-state index is 12.8. The lowest BCUT2D eigenvalue weighted by atomic mass is 9.83. The molecule has 4 rings (SSSR count). The molecule has 0 spiro atoms. The molecule has 1 heterocycles. The van der Waals surface area contributed by atoms with Gasteiger partial charge in [0.2, 0.25) is 0 Å². The highest BCUT2D eigenvalue weighted by Gasteiger charge is 2.30. The molecular formula is C17H10ClNO3. The summed E-state index contributed by atoms with van der Waals surface area (Å²) in [6, 6.07) is 10.5. The molecular weight excluding hydrogens is 302 g/mol. The zero-order chi connectivity index (χ0) is 15.4. The molecule has 0 radical (unpaired) electrons. The van der Waals surface area contributed by atoms with Crippen molar-refractivity contribution in [1.82, 2.24) is 4.98 Å². The number of hydrogen-bond donors (Lipinski definition) is 1. The molecule has 0 atom stereocenters. The predicted molar refractivity (Wildman–Crippen MR) is 85.0 cm³/mol. The normalized spacial score (nSPS) is 12.4. The number of hydrogen-bond acceptors (Lipinski definition) is 3. The molecule has 1 aliphatic rings. The Morgan fingerprint density at radius 2 is 1.73 bits per heavy atom. The van der Waals surface area contributed by atoms with Gasteiger partial charge in [-0.1, -0.05) is 35.9 Å². The van der Waals surface area contributed by atoms with Gasteiger partial charge in [0, 0.05) is 16.5 Å². The molecule has 0 saturated heterocycles. The summed E-state index contributed by atoms with van der Waals surface area (Å²) in [5.74, 6) is 0.0452. The van der Waals surface area contributed by atoms with Crippen LogP contribution in [0.1, 0.15) is 15.9 Å². The van der Waals surface area contributed by atoms with Crippen LogP contribution in [0.25, 0.3) is 22.0 Å². The lowest BCUT2D eigenvalue weighted by molar-refractivity contribution is 0.104. The number of ether oxygens (including phenoxy) is 1. The summed E-state index contributed by atoms with van der Waals surface area (Å²) in [6.45, 7) is 0. The molecule has 0 amide bonds. The molecule has 0 bridgehead atoms. The smallest absolute Gasteiger partial charge is 0.291 e. The van der Waals surface area contributed by atoms with Crippen LogP contribution >= 0.6 is 11.6 Å². The van der Waals surface area contributed by atoms with Crippen molar-refractivity contribution in [2.45, 2.75) is 0 Å². The minimum Gasteiger partial charge on any atom is -0.491 e. The third-order valence-corrected chi connectivity index (χ3v) is 4.27. The van der Waals surface area contributed by atoms with Gasteiger partial charge in [0.25, 0.3) is 5.56 Å². The number of aromatic nitrogens is 1. The van der Waals surface area contributed by atoms with E-state index in [1.807, 2.05) is 12.1 Å². The van der Waals surface area contributed by atoms with Gasteiger partial charge in [0.05, 0.1) is 23.2 Å². The second-order valence-electron chi connectivity index (χ2n) is 5.08. The summed E-state index contributed by atoms with van der Waals surface area (Å²) in [4.78, 5) is 27.8. The molecule has 0 saturated carbocycles. The number of carbonyl (C=O) groups excluding carboxylic acids is 1. The maximum Gasteiger partial charge on any atom is 0.291 e. The summed E-state index contributed by atoms with van der Waals surface area (Å²) in [6.07, 6.45) is 0. The highest BCUT2D eigenvalue weighted by molar-refractivity contribution is 6.39. The molecule has 108 valence electrons. The summed E-state index contributed by atoms with van der Waals surface area (Å²) in [7, 11) is 1.44. The highest BCUT2D eigenvalue weighted by atomic mass is 35.5. The molecule has 3 aromatic rings. The largest absolute Gasteiger partial charge is 0.491 e. The van der Waals surface area contributed by atoms with Gasteiger partial charge in [-0.2, -0.15) is 0 Å². The van der Waals surface area contributed by atoms with Crippen LogP contribution in [0, 0.1) is 0 Å². The van der Waals surface area contributed by atoms with E-state index in [0.717, 1.165) is 0 Å². The average Bonchev–Trinajstić information content (AvgIpc) is 2.53. The number of benzene rings is 2. The molecule has 0 unspecified atom stereocenters. The Bertz CT molecular complexity index is 1020. The standard InChI is InChI=1S/C17H10ClNO3/c1-22-16-12-8-4-2-3-5-9(8)15(20)13-10(18)6-7-11(14(12)13)19-17(16)21/h2-7H,1H3,(H,19,21). The van der Waals surface area contributed by atoms with E-state index in [0.29, 0.717) is 38.2 Å². The van der Waals surface area contributed by atoms with E-state index in [-0.39, 0.29) is 17.1 Å². The first-order valence-electron chi connectivity index (χ1n) is 6.70. The first-order chi connectivity index (χ1) is 10.6. The van der Waals surface area contributed by atoms with E-state index in [1.165, 1.54) is 7.11 Å². The van der Waals surface area contributed by atoms with Gasteiger partial charge < -0.3 is 9.72 Å². The van der Waals surface area contributed by atoms with Crippen molar-refractivity contribution < 1.29 is 9.53 Å². The van der Waals surface area contributed by atoms with Crippen molar-refractivity contribution in [2.75, 3.05) is 7.11 Å². The van der Waals surface area contributed by atoms with Crippen LogP contribution in [0.3, 0.4) is 0 Å². The van der Waals surface area contributed by atoms with Crippen molar-refractivity contribution in [2.24, 2.45) is 0 Å². The molecule has 0 aliphatic heterocycles. The molecule has 0 fully saturated rings. The number of rotatable bonds is 1. The van der Waals surface area contributed by atoms with Gasteiger partial charge in [-0.25, -0.2) is 0 Å². The Balaban J connectivity index is 2.35. The third-order valence-electron chi connectivity index (χ3n) is 3.96. The fourth-order valence-corrected chi connectivity index (χ4v) is 3.30. The zero-order valence-corrected chi connectivity index (χ0v) is 12.3. The van der Waals surface area contributed by atoms with Gasteiger partial charge in [0.1, 0.15) is 0 Å². The number of fused-ring (bicyclic) bond motifs is 2. The summed E-state index contributed by atoms with van der Waals surface area (Å²) in [5.41, 5.74) is 2.48. The molecule has 1 N–H and O–H groups in total. The van der Waals surface area contributed by atoms with Crippen LogP contribution in [0.4, 0.5) is 0 Å². The number of H-pyrrole nitrogens is 1. The van der Waals surface area contributed by atoms with E-state index in [1.54, 1.807) is 24.3 Å². The summed E-state index contributed by atoms with van der Waals surface area (Å²) < 4.78 is 5.30. The van der Waals surface area contributed by atoms with Crippen molar-refractivity contribution in [1.29, 1.82) is 0 Å².